The topological polar surface area (TPSA) is 68.0 Å². The number of amides is 1. The van der Waals surface area contributed by atoms with Crippen molar-refractivity contribution in [1.82, 2.24) is 10.3 Å². The van der Waals surface area contributed by atoms with Crippen molar-refractivity contribution in [3.05, 3.63) is 65.4 Å². The van der Waals surface area contributed by atoms with Gasteiger partial charge >= 0.3 is 6.18 Å². The van der Waals surface area contributed by atoms with E-state index in [0.717, 1.165) is 6.07 Å². The van der Waals surface area contributed by atoms with E-state index in [1.54, 1.807) is 43.3 Å². The molecule has 0 atom stereocenters. The van der Waals surface area contributed by atoms with Gasteiger partial charge in [-0.2, -0.15) is 13.2 Å². The molecule has 1 heterocycles. The molecule has 134 valence electrons. The number of aryl methyl sites for hydroxylation is 1. The number of nitrogens with one attached hydrogen (secondary N) is 1. The van der Waals surface area contributed by atoms with Crippen molar-refractivity contribution < 1.29 is 18.0 Å². The summed E-state index contributed by atoms with van der Waals surface area (Å²) in [5.74, 6) is -0.613. The molecule has 0 bridgehead atoms. The minimum Gasteiger partial charge on any atom is -0.338 e. The van der Waals surface area contributed by atoms with Gasteiger partial charge in [0.2, 0.25) is 0 Å². The third-order valence-corrected chi connectivity index (χ3v) is 4.03. The highest BCUT2D eigenvalue weighted by molar-refractivity contribution is 5.97. The number of hydrogen-bond donors (Lipinski definition) is 2. The van der Waals surface area contributed by atoms with Gasteiger partial charge in [0.05, 0.1) is 17.7 Å². The van der Waals surface area contributed by atoms with Crippen molar-refractivity contribution in [2.45, 2.75) is 13.1 Å². The monoisotopic (exact) mass is 359 g/mol. The minimum atomic E-state index is -4.61. The van der Waals surface area contributed by atoms with Crippen molar-refractivity contribution in [2.75, 3.05) is 6.67 Å². The maximum absolute atomic E-state index is 13.7. The van der Waals surface area contributed by atoms with Gasteiger partial charge in [-0.05, 0) is 41.8 Å². The average Bonchev–Trinajstić information content (AvgIpc) is 2.61. The first-order valence-corrected chi connectivity index (χ1v) is 7.87. The van der Waals surface area contributed by atoms with Gasteiger partial charge in [0.15, 0.2) is 0 Å². The zero-order valence-electron chi connectivity index (χ0n) is 13.9. The van der Waals surface area contributed by atoms with Crippen LogP contribution in [0.4, 0.5) is 13.2 Å². The van der Waals surface area contributed by atoms with Crippen LogP contribution in [0.5, 0.6) is 0 Å². The fourth-order valence-corrected chi connectivity index (χ4v) is 2.80. The van der Waals surface area contributed by atoms with Gasteiger partial charge in [-0.3, -0.25) is 4.79 Å². The molecule has 0 aliphatic carbocycles. The van der Waals surface area contributed by atoms with Crippen molar-refractivity contribution in [3.8, 4) is 11.1 Å². The molecule has 0 saturated heterocycles. The molecule has 0 saturated carbocycles. The lowest BCUT2D eigenvalue weighted by molar-refractivity contribution is -0.136. The summed E-state index contributed by atoms with van der Waals surface area (Å²) in [7, 11) is 0. The Morgan fingerprint density at radius 1 is 1.12 bits per heavy atom. The molecule has 0 fully saturated rings. The van der Waals surface area contributed by atoms with E-state index in [9.17, 15) is 18.0 Å². The molecule has 3 aromatic rings. The van der Waals surface area contributed by atoms with Crippen LogP contribution >= 0.6 is 0 Å². The number of benzene rings is 2. The van der Waals surface area contributed by atoms with Gasteiger partial charge in [0.1, 0.15) is 5.69 Å². The Bertz CT molecular complexity index is 969. The Kier molecular flexibility index (Phi) is 4.65. The van der Waals surface area contributed by atoms with E-state index in [2.05, 4.69) is 10.3 Å². The van der Waals surface area contributed by atoms with Crippen LogP contribution in [0.15, 0.2) is 48.5 Å². The first-order valence-electron chi connectivity index (χ1n) is 7.87. The number of aromatic nitrogens is 1. The summed E-state index contributed by atoms with van der Waals surface area (Å²) in [6, 6.07) is 13.0. The Balaban J connectivity index is 2.30. The van der Waals surface area contributed by atoms with Crippen molar-refractivity contribution in [1.29, 1.82) is 0 Å². The first-order chi connectivity index (χ1) is 12.3. The zero-order chi connectivity index (χ0) is 18.9. The molecule has 7 heteroatoms. The van der Waals surface area contributed by atoms with Crippen molar-refractivity contribution in [2.24, 2.45) is 5.73 Å². The second kappa shape index (κ2) is 6.76. The summed E-state index contributed by atoms with van der Waals surface area (Å²) < 4.78 is 41.0. The van der Waals surface area contributed by atoms with Crippen LogP contribution in [0.3, 0.4) is 0 Å². The third kappa shape index (κ3) is 3.39. The standard InChI is InChI=1S/C19H16F3N3O/c1-11-7-16(18(26)24-10-23)25-17-14(11)8-13(9-15(17)19(20,21)22)12-5-3-2-4-6-12/h2-9H,10,23H2,1H3,(H,24,26). The van der Waals surface area contributed by atoms with Crippen LogP contribution in [-0.2, 0) is 6.18 Å². The molecule has 3 N–H and O–H groups in total. The van der Waals surface area contributed by atoms with Crippen LogP contribution in [0.2, 0.25) is 0 Å². The van der Waals surface area contributed by atoms with Gasteiger partial charge in [-0.15, -0.1) is 0 Å². The number of rotatable bonds is 3. The number of pyridine rings is 1. The molecule has 1 amide bonds. The molecule has 0 aliphatic heterocycles. The predicted molar refractivity (Wildman–Crippen MR) is 93.4 cm³/mol. The Hall–Kier alpha value is -2.93. The van der Waals surface area contributed by atoms with E-state index in [1.165, 1.54) is 6.07 Å². The zero-order valence-corrected chi connectivity index (χ0v) is 13.9. The van der Waals surface area contributed by atoms with Crippen LogP contribution < -0.4 is 11.1 Å². The molecule has 1 aromatic heterocycles. The number of carbonyl (C=O) groups excluding carboxylic acids is 1. The lowest BCUT2D eigenvalue weighted by Gasteiger charge is -2.15. The Labute approximate surface area is 147 Å². The average molecular weight is 359 g/mol. The molecular weight excluding hydrogens is 343 g/mol. The fourth-order valence-electron chi connectivity index (χ4n) is 2.80. The Morgan fingerprint density at radius 3 is 2.42 bits per heavy atom. The molecule has 0 unspecified atom stereocenters. The highest BCUT2D eigenvalue weighted by Crippen LogP contribution is 2.38. The Morgan fingerprint density at radius 2 is 1.81 bits per heavy atom. The lowest BCUT2D eigenvalue weighted by atomic mass is 9.96. The SMILES string of the molecule is Cc1cc(C(=O)NCN)nc2c(C(F)(F)F)cc(-c3ccccc3)cc12. The van der Waals surface area contributed by atoms with Gasteiger partial charge in [0, 0.05) is 5.39 Å². The van der Waals surface area contributed by atoms with Crippen LogP contribution in [0.25, 0.3) is 22.0 Å². The number of halogens is 3. The van der Waals surface area contributed by atoms with E-state index in [-0.39, 0.29) is 17.9 Å². The van der Waals surface area contributed by atoms with E-state index in [0.29, 0.717) is 22.1 Å². The van der Waals surface area contributed by atoms with Crippen molar-refractivity contribution >= 4 is 16.8 Å². The second-order valence-electron chi connectivity index (χ2n) is 5.82. The highest BCUT2D eigenvalue weighted by atomic mass is 19.4. The number of nitrogens with two attached hydrogens (primary N) is 1. The summed E-state index contributed by atoms with van der Waals surface area (Å²) in [6.07, 6.45) is -4.61. The van der Waals surface area contributed by atoms with Crippen LogP contribution in [0.1, 0.15) is 21.6 Å². The summed E-state index contributed by atoms with van der Waals surface area (Å²) in [6.45, 7) is 1.52. The largest absolute Gasteiger partial charge is 0.418 e. The van der Waals surface area contributed by atoms with Gasteiger partial charge in [-0.25, -0.2) is 4.98 Å². The van der Waals surface area contributed by atoms with Crippen molar-refractivity contribution in [3.63, 3.8) is 0 Å². The molecular formula is C19H16F3N3O. The second-order valence-corrected chi connectivity index (χ2v) is 5.82. The maximum Gasteiger partial charge on any atom is 0.418 e. The number of hydrogen-bond acceptors (Lipinski definition) is 3. The van der Waals surface area contributed by atoms with E-state index in [1.807, 2.05) is 0 Å². The van der Waals surface area contributed by atoms with Crippen LogP contribution in [-0.4, -0.2) is 17.6 Å². The normalized spacial score (nSPS) is 11.6. The third-order valence-electron chi connectivity index (χ3n) is 4.03. The lowest BCUT2D eigenvalue weighted by Crippen LogP contribution is -2.30. The number of carbonyl (C=O) groups is 1. The molecule has 3 rings (SSSR count). The number of nitrogens with zero attached hydrogens (tertiary/aromatic N) is 1. The molecule has 4 nitrogen and oxygen atoms in total. The summed E-state index contributed by atoms with van der Waals surface area (Å²) in [5.41, 5.74) is 5.67. The number of fused-ring (bicyclic) bond motifs is 1. The molecule has 0 aliphatic rings. The summed E-state index contributed by atoms with van der Waals surface area (Å²) >= 11 is 0. The molecule has 2 aromatic carbocycles. The number of alkyl halides is 3. The van der Waals surface area contributed by atoms with Gasteiger partial charge in [0.25, 0.3) is 5.91 Å². The molecule has 0 radical (unpaired) electrons. The quantitative estimate of drug-likeness (QED) is 0.698. The fraction of sp³-hybridized carbons (Fsp3) is 0.158. The van der Waals surface area contributed by atoms with E-state index < -0.39 is 17.6 Å². The van der Waals surface area contributed by atoms with Gasteiger partial charge in [-0.1, -0.05) is 30.3 Å². The van der Waals surface area contributed by atoms with E-state index >= 15 is 0 Å². The maximum atomic E-state index is 13.7. The molecule has 26 heavy (non-hydrogen) atoms. The summed E-state index contributed by atoms with van der Waals surface area (Å²) in [4.78, 5) is 15.9. The van der Waals surface area contributed by atoms with Crippen LogP contribution in [0, 0.1) is 6.92 Å². The first kappa shape index (κ1) is 17.9. The molecule has 0 spiro atoms. The minimum absolute atomic E-state index is 0.0987. The highest BCUT2D eigenvalue weighted by Gasteiger charge is 2.34. The summed E-state index contributed by atoms with van der Waals surface area (Å²) in [5, 5.41) is 2.69. The van der Waals surface area contributed by atoms with E-state index in [4.69, 9.17) is 5.73 Å². The smallest absolute Gasteiger partial charge is 0.338 e. The van der Waals surface area contributed by atoms with Gasteiger partial charge < -0.3 is 11.1 Å². The predicted octanol–water partition coefficient (Wildman–Crippen LogP) is 3.88.